The minimum atomic E-state index is 0.719. The molecule has 30 heavy (non-hydrogen) atoms. The maximum atomic E-state index is 6.11. The van der Waals surface area contributed by atoms with Gasteiger partial charge in [0.2, 0.25) is 0 Å². The van der Waals surface area contributed by atoms with Crippen LogP contribution >= 0.6 is 11.6 Å². The SMILES string of the molecule is CN1CCN(Cc2ccc(-c3nc4ccncc4n3-c3ccc(Cl)cc3)cc2)CC1. The fourth-order valence-electron chi connectivity index (χ4n) is 3.99. The lowest BCUT2D eigenvalue weighted by atomic mass is 10.1. The number of nitrogens with zero attached hydrogens (tertiary/aromatic N) is 5. The number of halogens is 1. The summed E-state index contributed by atoms with van der Waals surface area (Å²) in [5.41, 5.74) is 5.35. The number of hydrogen-bond donors (Lipinski definition) is 0. The van der Waals surface area contributed by atoms with Crippen LogP contribution in [0, 0.1) is 0 Å². The van der Waals surface area contributed by atoms with Crippen molar-refractivity contribution in [3.63, 3.8) is 0 Å². The summed E-state index contributed by atoms with van der Waals surface area (Å²) in [6.07, 6.45) is 3.65. The van der Waals surface area contributed by atoms with Gasteiger partial charge in [-0.15, -0.1) is 0 Å². The molecule has 0 radical (unpaired) electrons. The van der Waals surface area contributed by atoms with E-state index in [2.05, 4.69) is 50.7 Å². The van der Waals surface area contributed by atoms with Gasteiger partial charge in [-0.1, -0.05) is 35.9 Å². The molecule has 4 aromatic rings. The van der Waals surface area contributed by atoms with E-state index in [1.165, 1.54) is 5.56 Å². The Balaban J connectivity index is 1.48. The lowest BCUT2D eigenvalue weighted by Gasteiger charge is -2.32. The van der Waals surface area contributed by atoms with Gasteiger partial charge in [-0.05, 0) is 42.9 Å². The summed E-state index contributed by atoms with van der Waals surface area (Å²) in [6, 6.07) is 18.6. The summed E-state index contributed by atoms with van der Waals surface area (Å²) >= 11 is 6.11. The fourth-order valence-corrected chi connectivity index (χ4v) is 4.12. The normalized spacial score (nSPS) is 15.7. The average Bonchev–Trinajstić information content (AvgIpc) is 3.16. The highest BCUT2D eigenvalue weighted by Crippen LogP contribution is 2.29. The zero-order valence-corrected chi connectivity index (χ0v) is 17.8. The molecule has 5 rings (SSSR count). The Morgan fingerprint density at radius 2 is 1.63 bits per heavy atom. The minimum Gasteiger partial charge on any atom is -0.304 e. The molecular weight excluding hydrogens is 394 g/mol. The molecule has 6 heteroatoms. The van der Waals surface area contributed by atoms with Crippen molar-refractivity contribution < 1.29 is 0 Å². The Kier molecular flexibility index (Phi) is 5.25. The van der Waals surface area contributed by atoms with Crippen LogP contribution in [0.1, 0.15) is 5.56 Å². The van der Waals surface area contributed by atoms with Crippen molar-refractivity contribution >= 4 is 22.6 Å². The third kappa shape index (κ3) is 3.84. The van der Waals surface area contributed by atoms with Gasteiger partial charge in [0.05, 0.1) is 17.2 Å². The highest BCUT2D eigenvalue weighted by Gasteiger charge is 2.16. The van der Waals surface area contributed by atoms with Crippen molar-refractivity contribution in [3.05, 3.63) is 77.6 Å². The lowest BCUT2D eigenvalue weighted by molar-refractivity contribution is 0.148. The Bertz CT molecular complexity index is 1140. The van der Waals surface area contributed by atoms with Crippen LogP contribution in [0.25, 0.3) is 28.1 Å². The average molecular weight is 418 g/mol. The van der Waals surface area contributed by atoms with Gasteiger partial charge in [0.25, 0.3) is 0 Å². The maximum absolute atomic E-state index is 6.11. The number of benzene rings is 2. The summed E-state index contributed by atoms with van der Waals surface area (Å²) in [7, 11) is 2.19. The summed E-state index contributed by atoms with van der Waals surface area (Å²) in [5, 5.41) is 0.719. The van der Waals surface area contributed by atoms with Crippen molar-refractivity contribution in [2.75, 3.05) is 33.2 Å². The van der Waals surface area contributed by atoms with Crippen LogP contribution in [0.5, 0.6) is 0 Å². The molecule has 5 nitrogen and oxygen atoms in total. The first-order valence-electron chi connectivity index (χ1n) is 10.3. The van der Waals surface area contributed by atoms with E-state index in [0.29, 0.717) is 0 Å². The van der Waals surface area contributed by atoms with Gasteiger partial charge in [0.1, 0.15) is 5.82 Å². The van der Waals surface area contributed by atoms with Crippen LogP contribution in [-0.2, 0) is 6.54 Å². The topological polar surface area (TPSA) is 37.2 Å². The minimum absolute atomic E-state index is 0.719. The van der Waals surface area contributed by atoms with E-state index < -0.39 is 0 Å². The molecule has 1 aliphatic rings. The molecule has 0 spiro atoms. The van der Waals surface area contributed by atoms with Crippen molar-refractivity contribution in [2.24, 2.45) is 0 Å². The van der Waals surface area contributed by atoms with Crippen LogP contribution in [0.4, 0.5) is 0 Å². The molecule has 2 aromatic carbocycles. The highest BCUT2D eigenvalue weighted by molar-refractivity contribution is 6.30. The summed E-state index contributed by atoms with van der Waals surface area (Å²) < 4.78 is 2.15. The fraction of sp³-hybridized carbons (Fsp3) is 0.250. The molecule has 0 aliphatic carbocycles. The van der Waals surface area contributed by atoms with Crippen molar-refractivity contribution in [1.29, 1.82) is 0 Å². The first kappa shape index (κ1) is 19.2. The summed E-state index contributed by atoms with van der Waals surface area (Å²) in [5.74, 6) is 0.909. The number of rotatable bonds is 4. The zero-order chi connectivity index (χ0) is 20.5. The van der Waals surface area contributed by atoms with Crippen LogP contribution in [0.2, 0.25) is 5.02 Å². The van der Waals surface area contributed by atoms with E-state index in [4.69, 9.17) is 16.6 Å². The van der Waals surface area contributed by atoms with Crippen molar-refractivity contribution in [1.82, 2.24) is 24.3 Å². The van der Waals surface area contributed by atoms with Gasteiger partial charge in [-0.3, -0.25) is 14.5 Å². The second kappa shape index (κ2) is 8.19. The van der Waals surface area contributed by atoms with Gasteiger partial charge >= 0.3 is 0 Å². The predicted molar refractivity (Wildman–Crippen MR) is 122 cm³/mol. The largest absolute Gasteiger partial charge is 0.304 e. The third-order valence-electron chi connectivity index (χ3n) is 5.76. The van der Waals surface area contributed by atoms with Gasteiger partial charge < -0.3 is 4.90 Å². The second-order valence-corrected chi connectivity index (χ2v) is 8.32. The quantitative estimate of drug-likeness (QED) is 0.490. The van der Waals surface area contributed by atoms with Gasteiger partial charge in [-0.2, -0.15) is 0 Å². The first-order valence-corrected chi connectivity index (χ1v) is 10.6. The maximum Gasteiger partial charge on any atom is 0.145 e. The van der Waals surface area contributed by atoms with Gasteiger partial charge in [0.15, 0.2) is 0 Å². The molecule has 0 amide bonds. The van der Waals surface area contributed by atoms with Gasteiger partial charge in [0, 0.05) is 55.2 Å². The number of aromatic nitrogens is 3. The predicted octanol–water partition coefficient (Wildman–Crippen LogP) is 4.49. The molecule has 0 saturated carbocycles. The molecule has 1 fully saturated rings. The van der Waals surface area contributed by atoms with E-state index in [0.717, 1.165) is 65.9 Å². The van der Waals surface area contributed by atoms with E-state index in [9.17, 15) is 0 Å². The Labute approximate surface area is 181 Å². The number of piperazine rings is 1. The lowest BCUT2D eigenvalue weighted by Crippen LogP contribution is -2.43. The molecule has 152 valence electrons. The molecule has 0 N–H and O–H groups in total. The standard InChI is InChI=1S/C24H24ClN5/c1-28-12-14-29(15-13-28)17-18-2-4-19(5-3-18)24-27-22-10-11-26-16-23(22)30(24)21-8-6-20(25)7-9-21/h2-11,16H,12-15,17H2,1H3. The third-order valence-corrected chi connectivity index (χ3v) is 6.01. The van der Waals surface area contributed by atoms with Crippen molar-refractivity contribution in [3.8, 4) is 17.1 Å². The van der Waals surface area contributed by atoms with E-state index in [-0.39, 0.29) is 0 Å². The smallest absolute Gasteiger partial charge is 0.145 e. The Morgan fingerprint density at radius 1 is 0.900 bits per heavy atom. The summed E-state index contributed by atoms with van der Waals surface area (Å²) in [6.45, 7) is 5.51. The van der Waals surface area contributed by atoms with Crippen molar-refractivity contribution in [2.45, 2.75) is 6.54 Å². The number of hydrogen-bond acceptors (Lipinski definition) is 4. The molecule has 0 unspecified atom stereocenters. The zero-order valence-electron chi connectivity index (χ0n) is 17.0. The van der Waals surface area contributed by atoms with E-state index in [1.54, 1.807) is 6.20 Å². The molecule has 0 atom stereocenters. The molecule has 3 heterocycles. The Hall–Kier alpha value is -2.73. The monoisotopic (exact) mass is 417 g/mol. The van der Waals surface area contributed by atoms with E-state index in [1.807, 2.05) is 36.5 Å². The Morgan fingerprint density at radius 3 is 2.37 bits per heavy atom. The molecule has 1 saturated heterocycles. The highest BCUT2D eigenvalue weighted by atomic mass is 35.5. The van der Waals surface area contributed by atoms with Crippen LogP contribution in [-0.4, -0.2) is 57.6 Å². The first-order chi connectivity index (χ1) is 14.7. The molecule has 2 aromatic heterocycles. The number of fused-ring (bicyclic) bond motifs is 1. The van der Waals surface area contributed by atoms with Crippen LogP contribution < -0.4 is 0 Å². The number of imidazole rings is 1. The second-order valence-electron chi connectivity index (χ2n) is 7.89. The number of pyridine rings is 1. The summed E-state index contributed by atoms with van der Waals surface area (Å²) in [4.78, 5) is 14.1. The van der Waals surface area contributed by atoms with Crippen LogP contribution in [0.15, 0.2) is 67.0 Å². The molecular formula is C24H24ClN5. The van der Waals surface area contributed by atoms with Crippen LogP contribution in [0.3, 0.4) is 0 Å². The van der Waals surface area contributed by atoms with E-state index >= 15 is 0 Å². The molecule has 0 bridgehead atoms. The number of likely N-dealkylation sites (N-methyl/N-ethyl adjacent to an activating group) is 1. The molecule has 1 aliphatic heterocycles. The van der Waals surface area contributed by atoms with Gasteiger partial charge in [-0.25, -0.2) is 4.98 Å².